The minimum absolute atomic E-state index is 0.0389. The third-order valence-electron chi connectivity index (χ3n) is 2.32. The molecule has 1 N–H and O–H groups in total. The molecule has 1 aliphatic rings. The van der Waals surface area contributed by atoms with Crippen molar-refractivity contribution in [1.82, 2.24) is 5.32 Å². The van der Waals surface area contributed by atoms with Crippen LogP contribution in [0.5, 0.6) is 0 Å². The van der Waals surface area contributed by atoms with Gasteiger partial charge in [0.2, 0.25) is 5.91 Å². The molecule has 2 atom stereocenters. The molecule has 0 radical (unpaired) electrons. The lowest BCUT2D eigenvalue weighted by atomic mass is 10.1. The lowest BCUT2D eigenvalue weighted by molar-refractivity contribution is -0.120. The average Bonchev–Trinajstić information content (AvgIpc) is 2.48. The van der Waals surface area contributed by atoms with E-state index in [0.717, 1.165) is 6.54 Å². The van der Waals surface area contributed by atoms with E-state index in [9.17, 15) is 4.79 Å². The quantitative estimate of drug-likeness (QED) is 0.708. The molecule has 1 aliphatic heterocycles. The monoisotopic (exact) mass is 219 g/mol. The predicted molar refractivity (Wildman–Crippen MR) is 61.6 cm³/mol. The molecule has 1 rings (SSSR count). The van der Waals surface area contributed by atoms with Crippen LogP contribution >= 0.6 is 24.4 Å². The zero-order chi connectivity index (χ0) is 9.90. The SMILES string of the molecule is CC(S)C(=O)NCC1(C)CCCS1. The normalized spacial score (nSPS) is 30.1. The van der Waals surface area contributed by atoms with Crippen molar-refractivity contribution in [3.63, 3.8) is 0 Å². The van der Waals surface area contributed by atoms with Gasteiger partial charge in [0.25, 0.3) is 0 Å². The number of carbonyl (C=O) groups is 1. The highest BCUT2D eigenvalue weighted by Gasteiger charge is 2.29. The van der Waals surface area contributed by atoms with Gasteiger partial charge in [-0.05, 0) is 32.4 Å². The Morgan fingerprint density at radius 3 is 2.92 bits per heavy atom. The van der Waals surface area contributed by atoms with Crippen LogP contribution in [0, 0.1) is 0 Å². The van der Waals surface area contributed by atoms with E-state index in [0.29, 0.717) is 0 Å². The number of amides is 1. The molecule has 2 unspecified atom stereocenters. The molecule has 76 valence electrons. The lowest BCUT2D eigenvalue weighted by Crippen LogP contribution is -2.39. The van der Waals surface area contributed by atoms with Crippen LogP contribution in [0.15, 0.2) is 0 Å². The van der Waals surface area contributed by atoms with E-state index in [1.807, 2.05) is 11.8 Å². The van der Waals surface area contributed by atoms with E-state index in [-0.39, 0.29) is 15.9 Å². The fourth-order valence-corrected chi connectivity index (χ4v) is 2.73. The highest BCUT2D eigenvalue weighted by atomic mass is 32.2. The van der Waals surface area contributed by atoms with E-state index in [4.69, 9.17) is 0 Å². The molecule has 0 aliphatic carbocycles. The Morgan fingerprint density at radius 2 is 2.46 bits per heavy atom. The first-order chi connectivity index (χ1) is 6.03. The largest absolute Gasteiger partial charge is 0.354 e. The standard InChI is InChI=1S/C9H17NOS2/c1-7(12)8(11)10-6-9(2)4-3-5-13-9/h7,12H,3-6H2,1-2H3,(H,10,11). The number of carbonyl (C=O) groups excluding carboxylic acids is 1. The summed E-state index contributed by atoms with van der Waals surface area (Å²) in [7, 11) is 0. The van der Waals surface area contributed by atoms with Crippen molar-refractivity contribution in [2.75, 3.05) is 12.3 Å². The van der Waals surface area contributed by atoms with Crippen LogP contribution in [0.1, 0.15) is 26.7 Å². The van der Waals surface area contributed by atoms with Crippen LogP contribution < -0.4 is 5.32 Å². The van der Waals surface area contributed by atoms with E-state index in [1.54, 1.807) is 6.92 Å². The van der Waals surface area contributed by atoms with Gasteiger partial charge in [-0.25, -0.2) is 0 Å². The fourth-order valence-electron chi connectivity index (χ4n) is 1.40. The van der Waals surface area contributed by atoms with Crippen LogP contribution in [0.25, 0.3) is 0 Å². The molecule has 1 heterocycles. The molecule has 4 heteroatoms. The van der Waals surface area contributed by atoms with Gasteiger partial charge in [0.15, 0.2) is 0 Å². The second kappa shape index (κ2) is 4.60. The molecule has 2 nitrogen and oxygen atoms in total. The molecule has 0 spiro atoms. The van der Waals surface area contributed by atoms with Crippen molar-refractivity contribution in [1.29, 1.82) is 0 Å². The molecule has 1 amide bonds. The molecule has 0 aromatic heterocycles. The molecule has 13 heavy (non-hydrogen) atoms. The zero-order valence-electron chi connectivity index (χ0n) is 8.17. The highest BCUT2D eigenvalue weighted by molar-refractivity contribution is 8.00. The summed E-state index contributed by atoms with van der Waals surface area (Å²) < 4.78 is 0.262. The summed E-state index contributed by atoms with van der Waals surface area (Å²) in [5.74, 6) is 1.26. The van der Waals surface area contributed by atoms with Crippen LogP contribution in [0.3, 0.4) is 0 Å². The molecule has 1 saturated heterocycles. The van der Waals surface area contributed by atoms with Crippen molar-refractivity contribution in [3.05, 3.63) is 0 Å². The van der Waals surface area contributed by atoms with E-state index < -0.39 is 0 Å². The maximum Gasteiger partial charge on any atom is 0.232 e. The van der Waals surface area contributed by atoms with Crippen molar-refractivity contribution >= 4 is 30.3 Å². The van der Waals surface area contributed by atoms with Gasteiger partial charge in [-0.3, -0.25) is 4.79 Å². The van der Waals surface area contributed by atoms with Gasteiger partial charge in [-0.2, -0.15) is 24.4 Å². The van der Waals surface area contributed by atoms with Gasteiger partial charge in [-0.15, -0.1) is 0 Å². The third-order valence-corrected chi connectivity index (χ3v) is 4.09. The zero-order valence-corrected chi connectivity index (χ0v) is 9.88. The number of rotatable bonds is 3. The molecule has 0 aromatic rings. The Morgan fingerprint density at radius 1 is 1.77 bits per heavy atom. The summed E-state index contributed by atoms with van der Waals surface area (Å²) in [6.07, 6.45) is 2.48. The van der Waals surface area contributed by atoms with Crippen LogP contribution in [0.2, 0.25) is 0 Å². The minimum Gasteiger partial charge on any atom is -0.354 e. The summed E-state index contributed by atoms with van der Waals surface area (Å²) in [5, 5.41) is 2.73. The number of nitrogens with one attached hydrogen (secondary N) is 1. The minimum atomic E-state index is -0.199. The molecular weight excluding hydrogens is 202 g/mol. The number of hydrogen-bond acceptors (Lipinski definition) is 3. The van der Waals surface area contributed by atoms with Crippen molar-refractivity contribution < 1.29 is 4.79 Å². The molecule has 0 aromatic carbocycles. The first-order valence-electron chi connectivity index (χ1n) is 4.63. The molecule has 1 fully saturated rings. The number of hydrogen-bond donors (Lipinski definition) is 2. The number of thiol groups is 1. The van der Waals surface area contributed by atoms with Crippen LogP contribution in [-0.4, -0.2) is 28.2 Å². The maximum absolute atomic E-state index is 11.2. The van der Waals surface area contributed by atoms with E-state index in [2.05, 4.69) is 24.9 Å². The molecule has 0 bridgehead atoms. The predicted octanol–water partition coefficient (Wildman–Crippen LogP) is 1.71. The third kappa shape index (κ3) is 3.43. The lowest BCUT2D eigenvalue weighted by Gasteiger charge is -2.23. The Labute approximate surface area is 89.6 Å². The summed E-state index contributed by atoms with van der Waals surface area (Å²) in [6.45, 7) is 4.79. The second-order valence-electron chi connectivity index (χ2n) is 3.80. The van der Waals surface area contributed by atoms with Crippen LogP contribution in [-0.2, 0) is 4.79 Å². The van der Waals surface area contributed by atoms with Gasteiger partial charge in [0, 0.05) is 11.3 Å². The fraction of sp³-hybridized carbons (Fsp3) is 0.889. The molecular formula is C9H17NOS2. The van der Waals surface area contributed by atoms with Crippen molar-refractivity contribution in [2.24, 2.45) is 0 Å². The maximum atomic E-state index is 11.2. The van der Waals surface area contributed by atoms with Gasteiger partial charge >= 0.3 is 0 Å². The summed E-state index contributed by atoms with van der Waals surface area (Å²) in [5.41, 5.74) is 0. The van der Waals surface area contributed by atoms with Crippen molar-refractivity contribution in [3.8, 4) is 0 Å². The Bertz CT molecular complexity index is 188. The average molecular weight is 219 g/mol. The van der Waals surface area contributed by atoms with Gasteiger partial charge < -0.3 is 5.32 Å². The summed E-state index contributed by atoms with van der Waals surface area (Å²) >= 11 is 6.04. The first kappa shape index (κ1) is 11.2. The Kier molecular flexibility index (Phi) is 3.98. The highest BCUT2D eigenvalue weighted by Crippen LogP contribution is 2.36. The van der Waals surface area contributed by atoms with Gasteiger partial charge in [0.1, 0.15) is 0 Å². The number of thioether (sulfide) groups is 1. The van der Waals surface area contributed by atoms with E-state index in [1.165, 1.54) is 18.6 Å². The Balaban J connectivity index is 2.29. The van der Waals surface area contributed by atoms with Crippen LogP contribution in [0.4, 0.5) is 0 Å². The molecule has 0 saturated carbocycles. The van der Waals surface area contributed by atoms with Crippen molar-refractivity contribution in [2.45, 2.75) is 36.7 Å². The second-order valence-corrected chi connectivity index (χ2v) is 6.25. The van der Waals surface area contributed by atoms with Gasteiger partial charge in [-0.1, -0.05) is 0 Å². The smallest absolute Gasteiger partial charge is 0.232 e. The topological polar surface area (TPSA) is 29.1 Å². The Hall–Kier alpha value is 0.170. The van der Waals surface area contributed by atoms with Gasteiger partial charge in [0.05, 0.1) is 5.25 Å². The summed E-state index contributed by atoms with van der Waals surface area (Å²) in [4.78, 5) is 11.2. The summed E-state index contributed by atoms with van der Waals surface area (Å²) in [6, 6.07) is 0. The van der Waals surface area contributed by atoms with E-state index >= 15 is 0 Å². The first-order valence-corrected chi connectivity index (χ1v) is 6.13.